The number of carbonyl (C=O) groups is 2. The lowest BCUT2D eigenvalue weighted by Gasteiger charge is -2.16. The molecule has 2 heterocycles. The molecule has 0 aliphatic carbocycles. The van der Waals surface area contributed by atoms with Crippen LogP contribution in [-0.4, -0.2) is 21.4 Å². The minimum Gasteiger partial charge on any atom is -0.365 e. The number of hydrogen-bond acceptors (Lipinski definition) is 5. The highest BCUT2D eigenvalue weighted by Gasteiger charge is 2.22. The molecule has 0 aliphatic rings. The van der Waals surface area contributed by atoms with Crippen LogP contribution in [0.5, 0.6) is 0 Å². The summed E-state index contributed by atoms with van der Waals surface area (Å²) in [6.07, 6.45) is 1.31. The van der Waals surface area contributed by atoms with Gasteiger partial charge in [0.1, 0.15) is 10.9 Å². The largest absolute Gasteiger partial charge is 0.365 e. The highest BCUT2D eigenvalue weighted by atomic mass is 35.5. The maximum atomic E-state index is 12.9. The second-order valence-electron chi connectivity index (χ2n) is 6.18. The van der Waals surface area contributed by atoms with Gasteiger partial charge in [0.15, 0.2) is 0 Å². The number of rotatable bonds is 4. The van der Waals surface area contributed by atoms with E-state index in [9.17, 15) is 14.4 Å². The van der Waals surface area contributed by atoms with Crippen LogP contribution < -0.4 is 16.6 Å². The fourth-order valence-electron chi connectivity index (χ4n) is 2.74. The molecule has 0 fully saturated rings. The number of nitrogens with zero attached hydrogens (tertiary/aromatic N) is 2. The maximum Gasteiger partial charge on any atom is 0.263 e. The number of hydrogen-bond donors (Lipinski definition) is 2. The molecule has 0 spiro atoms. The van der Waals surface area contributed by atoms with E-state index < -0.39 is 17.5 Å². The van der Waals surface area contributed by atoms with Crippen LogP contribution in [0.15, 0.2) is 29.3 Å². The molecule has 140 valence electrons. The molecule has 0 saturated carbocycles. The van der Waals surface area contributed by atoms with Crippen molar-refractivity contribution in [3.63, 3.8) is 0 Å². The summed E-state index contributed by atoms with van der Waals surface area (Å²) in [6.45, 7) is 5.09. The molecule has 0 saturated heterocycles. The predicted molar refractivity (Wildman–Crippen MR) is 107 cm³/mol. The summed E-state index contributed by atoms with van der Waals surface area (Å²) in [5.41, 5.74) is 6.85. The molecule has 1 unspecified atom stereocenters. The summed E-state index contributed by atoms with van der Waals surface area (Å²) in [4.78, 5) is 42.0. The Bertz CT molecular complexity index is 1140. The molecule has 3 N–H and O–H groups in total. The van der Waals surface area contributed by atoms with Crippen LogP contribution in [0.3, 0.4) is 0 Å². The number of nitrogens with two attached hydrogens (primary N) is 1. The summed E-state index contributed by atoms with van der Waals surface area (Å²) in [7, 11) is 0. The van der Waals surface area contributed by atoms with Crippen molar-refractivity contribution >= 4 is 50.7 Å². The summed E-state index contributed by atoms with van der Waals surface area (Å²) < 4.78 is 1.24. The standard InChI is InChI=1S/C18H17ClN4O3S/c1-8-4-5-11(19)6-12(8)22-16(25)10(3)23-7-21-17-13(18(23)26)9(2)14(27-17)15(20)24/h4-7,10H,1-3H3,(H2,20,24)(H,22,25). The molecule has 7 nitrogen and oxygen atoms in total. The van der Waals surface area contributed by atoms with Crippen molar-refractivity contribution in [2.75, 3.05) is 5.32 Å². The van der Waals surface area contributed by atoms with Gasteiger partial charge in [-0.15, -0.1) is 11.3 Å². The van der Waals surface area contributed by atoms with E-state index in [0.29, 0.717) is 31.4 Å². The Labute approximate surface area is 163 Å². The van der Waals surface area contributed by atoms with E-state index in [2.05, 4.69) is 10.3 Å². The number of halogens is 1. The highest BCUT2D eigenvalue weighted by molar-refractivity contribution is 7.20. The summed E-state index contributed by atoms with van der Waals surface area (Å²) in [5.74, 6) is -0.990. The smallest absolute Gasteiger partial charge is 0.263 e. The zero-order chi connectivity index (χ0) is 19.9. The number of anilines is 1. The van der Waals surface area contributed by atoms with Crippen LogP contribution in [0.2, 0.25) is 5.02 Å². The molecule has 2 amide bonds. The third kappa shape index (κ3) is 3.45. The molecule has 27 heavy (non-hydrogen) atoms. The Morgan fingerprint density at radius 1 is 1.33 bits per heavy atom. The summed E-state index contributed by atoms with van der Waals surface area (Å²) in [6, 6.07) is 4.36. The van der Waals surface area contributed by atoms with Crippen molar-refractivity contribution in [2.24, 2.45) is 5.73 Å². The Morgan fingerprint density at radius 3 is 2.70 bits per heavy atom. The fourth-order valence-corrected chi connectivity index (χ4v) is 3.90. The van der Waals surface area contributed by atoms with E-state index in [0.717, 1.165) is 16.9 Å². The topological polar surface area (TPSA) is 107 Å². The number of aryl methyl sites for hydroxylation is 2. The summed E-state index contributed by atoms with van der Waals surface area (Å²) in [5, 5.41) is 3.58. The first-order chi connectivity index (χ1) is 12.7. The lowest BCUT2D eigenvalue weighted by atomic mass is 10.2. The van der Waals surface area contributed by atoms with Gasteiger partial charge in [0.25, 0.3) is 11.5 Å². The van der Waals surface area contributed by atoms with Crippen molar-refractivity contribution in [1.29, 1.82) is 0 Å². The minimum absolute atomic E-state index is 0.291. The molecule has 0 aliphatic heterocycles. The number of thiophene rings is 1. The number of primary amides is 1. The predicted octanol–water partition coefficient (Wildman–Crippen LogP) is 3.03. The SMILES string of the molecule is Cc1ccc(Cl)cc1NC(=O)C(C)n1cnc2sc(C(N)=O)c(C)c2c1=O. The number of nitrogens with one attached hydrogen (secondary N) is 1. The highest BCUT2D eigenvalue weighted by Crippen LogP contribution is 2.27. The van der Waals surface area contributed by atoms with Crippen LogP contribution in [0, 0.1) is 13.8 Å². The fraction of sp³-hybridized carbons (Fsp3) is 0.222. The Balaban J connectivity index is 1.99. The van der Waals surface area contributed by atoms with Gasteiger partial charge in [-0.25, -0.2) is 4.98 Å². The van der Waals surface area contributed by atoms with Crippen molar-refractivity contribution in [3.05, 3.63) is 55.9 Å². The van der Waals surface area contributed by atoms with Crippen molar-refractivity contribution in [3.8, 4) is 0 Å². The third-order valence-corrected chi connectivity index (χ3v) is 5.80. The van der Waals surface area contributed by atoms with E-state index in [4.69, 9.17) is 17.3 Å². The molecule has 9 heteroatoms. The number of fused-ring (bicyclic) bond motifs is 1. The molecule has 1 atom stereocenters. The van der Waals surface area contributed by atoms with Gasteiger partial charge >= 0.3 is 0 Å². The van der Waals surface area contributed by atoms with Gasteiger partial charge < -0.3 is 11.1 Å². The number of aromatic nitrogens is 2. The van der Waals surface area contributed by atoms with E-state index in [1.165, 1.54) is 10.9 Å². The van der Waals surface area contributed by atoms with Crippen molar-refractivity contribution in [1.82, 2.24) is 9.55 Å². The van der Waals surface area contributed by atoms with Gasteiger partial charge in [-0.05, 0) is 44.0 Å². The van der Waals surface area contributed by atoms with Crippen LogP contribution in [-0.2, 0) is 4.79 Å². The van der Waals surface area contributed by atoms with Gasteiger partial charge in [0.05, 0.1) is 16.6 Å². The van der Waals surface area contributed by atoms with Crippen LogP contribution in [0.1, 0.15) is 33.8 Å². The van der Waals surface area contributed by atoms with Crippen LogP contribution in [0.4, 0.5) is 5.69 Å². The van der Waals surface area contributed by atoms with E-state index in [1.807, 2.05) is 6.92 Å². The first-order valence-electron chi connectivity index (χ1n) is 8.07. The molecular formula is C18H17ClN4O3S. The minimum atomic E-state index is -0.816. The molecule has 3 rings (SSSR count). The molecule has 2 aromatic heterocycles. The second kappa shape index (κ2) is 7.13. The van der Waals surface area contributed by atoms with Crippen LogP contribution in [0.25, 0.3) is 10.2 Å². The molecule has 3 aromatic rings. The normalized spacial score (nSPS) is 12.1. The lowest BCUT2D eigenvalue weighted by Crippen LogP contribution is -2.32. The number of amides is 2. The Kier molecular flexibility index (Phi) is 5.03. The van der Waals surface area contributed by atoms with Gasteiger partial charge in [-0.1, -0.05) is 17.7 Å². The lowest BCUT2D eigenvalue weighted by molar-refractivity contribution is -0.118. The van der Waals surface area contributed by atoms with Gasteiger partial charge in [0.2, 0.25) is 5.91 Å². The average Bonchev–Trinajstić information content (AvgIpc) is 2.95. The van der Waals surface area contributed by atoms with E-state index in [1.54, 1.807) is 32.0 Å². The zero-order valence-electron chi connectivity index (χ0n) is 14.9. The molecule has 0 bridgehead atoms. The second-order valence-corrected chi connectivity index (χ2v) is 7.62. The zero-order valence-corrected chi connectivity index (χ0v) is 16.4. The number of benzene rings is 1. The van der Waals surface area contributed by atoms with Crippen molar-refractivity contribution < 1.29 is 9.59 Å². The van der Waals surface area contributed by atoms with E-state index in [-0.39, 0.29) is 5.91 Å². The number of carbonyl (C=O) groups excluding carboxylic acids is 2. The van der Waals surface area contributed by atoms with E-state index >= 15 is 0 Å². The van der Waals surface area contributed by atoms with Gasteiger partial charge in [-0.2, -0.15) is 0 Å². The summed E-state index contributed by atoms with van der Waals surface area (Å²) >= 11 is 7.05. The Morgan fingerprint density at radius 2 is 2.04 bits per heavy atom. The first-order valence-corrected chi connectivity index (χ1v) is 9.27. The Hall–Kier alpha value is -2.71. The average molecular weight is 405 g/mol. The first kappa shape index (κ1) is 19.1. The van der Waals surface area contributed by atoms with Crippen LogP contribution >= 0.6 is 22.9 Å². The van der Waals surface area contributed by atoms with Gasteiger partial charge in [-0.3, -0.25) is 19.0 Å². The monoisotopic (exact) mass is 404 g/mol. The third-order valence-electron chi connectivity index (χ3n) is 4.35. The molecule has 1 aromatic carbocycles. The maximum absolute atomic E-state index is 12.9. The quantitative estimate of drug-likeness (QED) is 0.696. The van der Waals surface area contributed by atoms with Gasteiger partial charge in [0, 0.05) is 10.7 Å². The van der Waals surface area contributed by atoms with Crippen molar-refractivity contribution in [2.45, 2.75) is 26.8 Å². The molecule has 0 radical (unpaired) electrons. The molecular weight excluding hydrogens is 388 g/mol.